The molecule has 2 aromatic heterocycles. The number of nitrogens with zero attached hydrogens (tertiary/aromatic N) is 4. The van der Waals surface area contributed by atoms with Gasteiger partial charge >= 0.3 is 0 Å². The Morgan fingerprint density at radius 1 is 1.08 bits per heavy atom. The van der Waals surface area contributed by atoms with Gasteiger partial charge in [0.25, 0.3) is 5.78 Å². The lowest BCUT2D eigenvalue weighted by atomic mass is 10.1. The van der Waals surface area contributed by atoms with Crippen LogP contribution in [0.4, 0.5) is 10.2 Å². The second-order valence-corrected chi connectivity index (χ2v) is 5.80. The summed E-state index contributed by atoms with van der Waals surface area (Å²) in [4.78, 5) is 8.72. The molecule has 5 nitrogen and oxygen atoms in total. The second kappa shape index (κ2) is 6.32. The van der Waals surface area contributed by atoms with Crippen molar-refractivity contribution in [3.8, 4) is 11.3 Å². The zero-order valence-electron chi connectivity index (χ0n) is 13.6. The van der Waals surface area contributed by atoms with Crippen molar-refractivity contribution in [3.05, 3.63) is 77.9 Å². The summed E-state index contributed by atoms with van der Waals surface area (Å²) in [5.41, 5.74) is 3.29. The van der Waals surface area contributed by atoms with Crippen LogP contribution in [0, 0.1) is 12.7 Å². The molecule has 4 aromatic rings. The molecule has 0 saturated carbocycles. The van der Waals surface area contributed by atoms with Gasteiger partial charge in [0.15, 0.2) is 0 Å². The van der Waals surface area contributed by atoms with Crippen LogP contribution < -0.4 is 5.32 Å². The Morgan fingerprint density at radius 3 is 2.72 bits per heavy atom. The Hall–Kier alpha value is -3.28. The second-order valence-electron chi connectivity index (χ2n) is 5.80. The molecule has 4 rings (SSSR count). The number of rotatable bonds is 4. The number of hydrogen-bond donors (Lipinski definition) is 1. The first-order chi connectivity index (χ1) is 12.2. The maximum atomic E-state index is 13.7. The molecule has 0 aliphatic carbocycles. The monoisotopic (exact) mass is 333 g/mol. The van der Waals surface area contributed by atoms with Crippen LogP contribution in [0.15, 0.2) is 60.9 Å². The lowest BCUT2D eigenvalue weighted by Gasteiger charge is -2.10. The Labute approximate surface area is 144 Å². The Balaban J connectivity index is 1.68. The number of halogens is 1. The molecule has 0 amide bonds. The quantitative estimate of drug-likeness (QED) is 0.616. The smallest absolute Gasteiger partial charge is 0.254 e. The minimum atomic E-state index is -0.204. The minimum Gasteiger partial charge on any atom is -0.366 e. The molecule has 25 heavy (non-hydrogen) atoms. The molecule has 2 heterocycles. The Morgan fingerprint density at radius 2 is 1.92 bits per heavy atom. The molecule has 0 atom stereocenters. The predicted molar refractivity (Wildman–Crippen MR) is 94.7 cm³/mol. The predicted octanol–water partition coefficient (Wildman–Crippen LogP) is 3.85. The van der Waals surface area contributed by atoms with Crippen LogP contribution in [-0.2, 0) is 6.54 Å². The van der Waals surface area contributed by atoms with E-state index in [-0.39, 0.29) is 5.82 Å². The topological polar surface area (TPSA) is 55.1 Å². The third-order valence-corrected chi connectivity index (χ3v) is 4.03. The SMILES string of the molecule is Cc1ccc(CNc2cc(-c3ccccc3)nc3ncnn23)cc1F. The van der Waals surface area contributed by atoms with Crippen molar-refractivity contribution in [2.75, 3.05) is 5.32 Å². The van der Waals surface area contributed by atoms with Crippen molar-refractivity contribution < 1.29 is 4.39 Å². The first kappa shape index (κ1) is 15.3. The van der Waals surface area contributed by atoms with Gasteiger partial charge in [-0.1, -0.05) is 42.5 Å². The molecule has 0 aliphatic heterocycles. The molecule has 0 bridgehead atoms. The van der Waals surface area contributed by atoms with E-state index < -0.39 is 0 Å². The lowest BCUT2D eigenvalue weighted by molar-refractivity contribution is 0.616. The summed E-state index contributed by atoms with van der Waals surface area (Å²) < 4.78 is 15.4. The fourth-order valence-electron chi connectivity index (χ4n) is 2.63. The number of anilines is 1. The zero-order chi connectivity index (χ0) is 17.2. The van der Waals surface area contributed by atoms with Crippen molar-refractivity contribution in [2.45, 2.75) is 13.5 Å². The van der Waals surface area contributed by atoms with Crippen LogP contribution in [-0.4, -0.2) is 19.6 Å². The molecule has 1 N–H and O–H groups in total. The molecule has 2 aromatic carbocycles. The highest BCUT2D eigenvalue weighted by atomic mass is 19.1. The van der Waals surface area contributed by atoms with Crippen LogP contribution >= 0.6 is 0 Å². The summed E-state index contributed by atoms with van der Waals surface area (Å²) in [6.45, 7) is 2.23. The Bertz CT molecular complexity index is 1030. The van der Waals surface area contributed by atoms with Crippen molar-refractivity contribution in [2.24, 2.45) is 0 Å². The molecule has 0 radical (unpaired) electrons. The van der Waals surface area contributed by atoms with E-state index in [4.69, 9.17) is 0 Å². The van der Waals surface area contributed by atoms with E-state index in [1.165, 1.54) is 6.33 Å². The number of hydrogen-bond acceptors (Lipinski definition) is 4. The standard InChI is InChI=1S/C19H16FN5/c1-13-7-8-14(9-16(13)20)11-21-18-10-17(15-5-3-2-4-6-15)24-19-22-12-23-25(18)19/h2-10,12,21H,11H2,1H3. The number of aromatic nitrogens is 4. The highest BCUT2D eigenvalue weighted by Crippen LogP contribution is 2.21. The molecule has 124 valence electrons. The number of fused-ring (bicyclic) bond motifs is 1. The summed E-state index contributed by atoms with van der Waals surface area (Å²) in [6, 6.07) is 17.0. The van der Waals surface area contributed by atoms with Gasteiger partial charge in [-0.2, -0.15) is 14.6 Å². The molecular formula is C19H16FN5. The van der Waals surface area contributed by atoms with Gasteiger partial charge in [-0.25, -0.2) is 9.37 Å². The number of nitrogens with one attached hydrogen (secondary N) is 1. The average molecular weight is 333 g/mol. The third-order valence-electron chi connectivity index (χ3n) is 4.03. The van der Waals surface area contributed by atoms with Gasteiger partial charge in [0.2, 0.25) is 0 Å². The fourth-order valence-corrected chi connectivity index (χ4v) is 2.63. The van der Waals surface area contributed by atoms with Gasteiger partial charge in [0.05, 0.1) is 5.69 Å². The normalized spacial score (nSPS) is 11.0. The van der Waals surface area contributed by atoms with Crippen LogP contribution in [0.1, 0.15) is 11.1 Å². The number of benzene rings is 2. The summed E-state index contributed by atoms with van der Waals surface area (Å²) >= 11 is 0. The zero-order valence-corrected chi connectivity index (χ0v) is 13.6. The molecule has 6 heteroatoms. The summed E-state index contributed by atoms with van der Waals surface area (Å²) in [5, 5.41) is 7.50. The van der Waals surface area contributed by atoms with E-state index in [1.807, 2.05) is 42.5 Å². The summed E-state index contributed by atoms with van der Waals surface area (Å²) in [7, 11) is 0. The van der Waals surface area contributed by atoms with E-state index in [9.17, 15) is 4.39 Å². The van der Waals surface area contributed by atoms with Crippen molar-refractivity contribution in [3.63, 3.8) is 0 Å². The van der Waals surface area contributed by atoms with E-state index in [0.717, 1.165) is 22.6 Å². The molecule has 0 unspecified atom stereocenters. The largest absolute Gasteiger partial charge is 0.366 e. The lowest BCUT2D eigenvalue weighted by Crippen LogP contribution is -2.07. The summed E-state index contributed by atoms with van der Waals surface area (Å²) in [6.07, 6.45) is 1.47. The van der Waals surface area contributed by atoms with Gasteiger partial charge < -0.3 is 5.32 Å². The van der Waals surface area contributed by atoms with Crippen molar-refractivity contribution in [1.82, 2.24) is 19.6 Å². The van der Waals surface area contributed by atoms with Gasteiger partial charge in [-0.15, -0.1) is 0 Å². The van der Waals surface area contributed by atoms with Gasteiger partial charge in [-0.05, 0) is 24.1 Å². The first-order valence-electron chi connectivity index (χ1n) is 7.96. The minimum absolute atomic E-state index is 0.204. The van der Waals surface area contributed by atoms with Crippen LogP contribution in [0.2, 0.25) is 0 Å². The van der Waals surface area contributed by atoms with E-state index in [2.05, 4.69) is 20.4 Å². The van der Waals surface area contributed by atoms with Gasteiger partial charge in [0, 0.05) is 18.2 Å². The van der Waals surface area contributed by atoms with E-state index >= 15 is 0 Å². The summed E-state index contributed by atoms with van der Waals surface area (Å²) in [5.74, 6) is 1.06. The van der Waals surface area contributed by atoms with Crippen molar-refractivity contribution in [1.29, 1.82) is 0 Å². The average Bonchev–Trinajstić information content (AvgIpc) is 3.12. The Kier molecular flexibility index (Phi) is 3.85. The maximum absolute atomic E-state index is 13.7. The fraction of sp³-hybridized carbons (Fsp3) is 0.105. The third kappa shape index (κ3) is 3.06. The van der Waals surface area contributed by atoms with Gasteiger partial charge in [-0.3, -0.25) is 0 Å². The van der Waals surface area contributed by atoms with Crippen molar-refractivity contribution >= 4 is 11.6 Å². The van der Waals surface area contributed by atoms with E-state index in [1.54, 1.807) is 23.6 Å². The highest BCUT2D eigenvalue weighted by molar-refractivity contribution is 5.65. The number of aryl methyl sites for hydroxylation is 1. The highest BCUT2D eigenvalue weighted by Gasteiger charge is 2.09. The van der Waals surface area contributed by atoms with Crippen LogP contribution in [0.3, 0.4) is 0 Å². The molecule has 0 fully saturated rings. The van der Waals surface area contributed by atoms with Crippen LogP contribution in [0.5, 0.6) is 0 Å². The van der Waals surface area contributed by atoms with Gasteiger partial charge in [0.1, 0.15) is 18.0 Å². The first-order valence-corrected chi connectivity index (χ1v) is 7.96. The molecule has 0 aliphatic rings. The molecular weight excluding hydrogens is 317 g/mol. The van der Waals surface area contributed by atoms with Crippen LogP contribution in [0.25, 0.3) is 17.0 Å². The maximum Gasteiger partial charge on any atom is 0.254 e. The van der Waals surface area contributed by atoms with E-state index in [0.29, 0.717) is 17.9 Å². The molecule has 0 saturated heterocycles. The molecule has 0 spiro atoms.